The summed E-state index contributed by atoms with van der Waals surface area (Å²) in [4.78, 5) is 11.9. The summed E-state index contributed by atoms with van der Waals surface area (Å²) < 4.78 is 40.6. The van der Waals surface area contributed by atoms with E-state index in [4.69, 9.17) is 9.47 Å². The summed E-state index contributed by atoms with van der Waals surface area (Å²) in [6.07, 6.45) is -0.265. The number of carbonyl (C=O) groups excluding carboxylic acids is 1. The molecule has 35 heavy (non-hydrogen) atoms. The number of esters is 1. The molecular formula is C25H29N3O6S. The summed E-state index contributed by atoms with van der Waals surface area (Å²) in [5, 5.41) is 14.9. The lowest BCUT2D eigenvalue weighted by Crippen LogP contribution is -2.30. The van der Waals surface area contributed by atoms with E-state index in [9.17, 15) is 18.3 Å². The number of carbonyl (C=O) groups is 1. The van der Waals surface area contributed by atoms with Crippen LogP contribution in [0.2, 0.25) is 0 Å². The van der Waals surface area contributed by atoms with Crippen LogP contribution in [0.1, 0.15) is 34.2 Å². The van der Waals surface area contributed by atoms with E-state index in [0.29, 0.717) is 48.0 Å². The van der Waals surface area contributed by atoms with Crippen molar-refractivity contribution in [3.63, 3.8) is 0 Å². The van der Waals surface area contributed by atoms with E-state index in [-0.39, 0.29) is 18.0 Å². The maximum absolute atomic E-state index is 13.5. The van der Waals surface area contributed by atoms with Crippen molar-refractivity contribution in [2.45, 2.75) is 44.7 Å². The molecule has 1 aromatic heterocycles. The molecule has 0 spiro atoms. The number of hydrogen-bond acceptors (Lipinski definition) is 7. The van der Waals surface area contributed by atoms with Gasteiger partial charge in [-0.25, -0.2) is 13.2 Å². The smallest absolute Gasteiger partial charge is 0.338 e. The molecule has 0 bridgehead atoms. The zero-order chi connectivity index (χ0) is 25.2. The predicted octanol–water partition coefficient (Wildman–Crippen LogP) is 2.87. The minimum absolute atomic E-state index is 0.0291. The lowest BCUT2D eigenvalue weighted by molar-refractivity contribution is 0.0526. The number of aryl methyl sites for hydroxylation is 1. The lowest BCUT2D eigenvalue weighted by Gasteiger charge is -2.20. The number of hydrogen-bond donors (Lipinski definition) is 1. The minimum atomic E-state index is -3.80. The molecule has 0 fully saturated rings. The number of anilines is 1. The summed E-state index contributed by atoms with van der Waals surface area (Å²) in [6, 6.07) is 13.9. The van der Waals surface area contributed by atoms with Gasteiger partial charge in [-0.05, 0) is 63.1 Å². The van der Waals surface area contributed by atoms with Gasteiger partial charge in [0.15, 0.2) is 0 Å². The summed E-state index contributed by atoms with van der Waals surface area (Å²) in [7, 11) is -3.80. The third-order valence-corrected chi connectivity index (χ3v) is 7.97. The topological polar surface area (TPSA) is 111 Å². The SMILES string of the molecule is CCOC(=O)c1ccc(OC[C@H](O)Cn2nc(C)c(S(=O)(=O)N3CCc4ccccc43)c2C)cc1. The summed E-state index contributed by atoms with van der Waals surface area (Å²) in [6.45, 7) is 5.81. The molecule has 9 nitrogen and oxygen atoms in total. The number of aliphatic hydroxyl groups is 1. The first-order chi connectivity index (χ1) is 16.7. The van der Waals surface area contributed by atoms with Crippen LogP contribution in [0.15, 0.2) is 53.4 Å². The number of sulfonamides is 1. The van der Waals surface area contributed by atoms with Crippen LogP contribution in [-0.4, -0.2) is 55.1 Å². The summed E-state index contributed by atoms with van der Waals surface area (Å²) in [5.41, 5.74) is 2.96. The van der Waals surface area contributed by atoms with Gasteiger partial charge in [0, 0.05) is 6.54 Å². The molecule has 0 radical (unpaired) electrons. The van der Waals surface area contributed by atoms with Gasteiger partial charge in [-0.1, -0.05) is 18.2 Å². The highest BCUT2D eigenvalue weighted by atomic mass is 32.2. The quantitative estimate of drug-likeness (QED) is 0.451. The Hall–Kier alpha value is -3.37. The maximum Gasteiger partial charge on any atom is 0.338 e. The van der Waals surface area contributed by atoms with Crippen LogP contribution in [0.4, 0.5) is 5.69 Å². The van der Waals surface area contributed by atoms with Gasteiger partial charge in [0.05, 0.1) is 35.8 Å². The third-order valence-electron chi connectivity index (χ3n) is 5.90. The number of aromatic nitrogens is 2. The molecule has 186 valence electrons. The molecule has 1 aliphatic rings. The predicted molar refractivity (Wildman–Crippen MR) is 130 cm³/mol. The van der Waals surface area contributed by atoms with Gasteiger partial charge in [0.25, 0.3) is 10.0 Å². The zero-order valence-electron chi connectivity index (χ0n) is 20.0. The molecule has 2 heterocycles. The van der Waals surface area contributed by atoms with E-state index in [0.717, 1.165) is 5.56 Å². The van der Waals surface area contributed by atoms with E-state index in [1.54, 1.807) is 45.0 Å². The van der Waals surface area contributed by atoms with Crippen molar-refractivity contribution >= 4 is 21.7 Å². The summed E-state index contributed by atoms with van der Waals surface area (Å²) in [5.74, 6) is 0.0771. The first-order valence-corrected chi connectivity index (χ1v) is 12.9. The van der Waals surface area contributed by atoms with Gasteiger partial charge < -0.3 is 14.6 Å². The highest BCUT2D eigenvalue weighted by molar-refractivity contribution is 7.93. The summed E-state index contributed by atoms with van der Waals surface area (Å²) >= 11 is 0. The Bertz CT molecular complexity index is 1320. The van der Waals surface area contributed by atoms with Gasteiger partial charge in [-0.2, -0.15) is 5.10 Å². The number of aliphatic hydroxyl groups excluding tert-OH is 1. The average molecular weight is 500 g/mol. The van der Waals surface area contributed by atoms with E-state index in [1.165, 1.54) is 8.99 Å². The molecule has 0 unspecified atom stereocenters. The molecule has 3 aromatic rings. The van der Waals surface area contributed by atoms with E-state index in [2.05, 4.69) is 5.10 Å². The van der Waals surface area contributed by atoms with Crippen molar-refractivity contribution < 1.29 is 27.8 Å². The monoisotopic (exact) mass is 499 g/mol. The Labute approximate surface area is 204 Å². The number of para-hydroxylation sites is 1. The van der Waals surface area contributed by atoms with Gasteiger partial charge >= 0.3 is 5.97 Å². The Morgan fingerprint density at radius 2 is 1.86 bits per heavy atom. The van der Waals surface area contributed by atoms with Crippen LogP contribution in [0.5, 0.6) is 5.75 Å². The van der Waals surface area contributed by atoms with Crippen molar-refractivity contribution in [2.24, 2.45) is 0 Å². The van der Waals surface area contributed by atoms with Crippen LogP contribution in [0, 0.1) is 13.8 Å². The fourth-order valence-electron chi connectivity index (χ4n) is 4.25. The molecule has 1 atom stereocenters. The molecule has 0 amide bonds. The van der Waals surface area contributed by atoms with E-state index >= 15 is 0 Å². The minimum Gasteiger partial charge on any atom is -0.491 e. The van der Waals surface area contributed by atoms with Crippen LogP contribution < -0.4 is 9.04 Å². The Kier molecular flexibility index (Phi) is 7.13. The number of fused-ring (bicyclic) bond motifs is 1. The van der Waals surface area contributed by atoms with Crippen molar-refractivity contribution in [1.29, 1.82) is 0 Å². The fraction of sp³-hybridized carbons (Fsp3) is 0.360. The largest absolute Gasteiger partial charge is 0.491 e. The fourth-order valence-corrected chi connectivity index (χ4v) is 6.13. The Balaban J connectivity index is 1.43. The molecule has 1 aliphatic heterocycles. The van der Waals surface area contributed by atoms with Crippen molar-refractivity contribution in [1.82, 2.24) is 9.78 Å². The molecular weight excluding hydrogens is 470 g/mol. The second-order valence-electron chi connectivity index (χ2n) is 8.35. The number of nitrogens with zero attached hydrogens (tertiary/aromatic N) is 3. The van der Waals surface area contributed by atoms with Gasteiger partial charge in [-0.15, -0.1) is 0 Å². The number of benzene rings is 2. The van der Waals surface area contributed by atoms with Crippen LogP contribution >= 0.6 is 0 Å². The Morgan fingerprint density at radius 3 is 2.57 bits per heavy atom. The van der Waals surface area contributed by atoms with E-state index < -0.39 is 22.1 Å². The third kappa shape index (κ3) is 5.03. The molecule has 10 heteroatoms. The average Bonchev–Trinajstić information content (AvgIpc) is 3.39. The second-order valence-corrected chi connectivity index (χ2v) is 10.1. The van der Waals surface area contributed by atoms with Crippen LogP contribution in [0.3, 0.4) is 0 Å². The normalized spacial score (nSPS) is 14.0. The first kappa shape index (κ1) is 24.7. The first-order valence-electron chi connectivity index (χ1n) is 11.4. The maximum atomic E-state index is 13.5. The number of rotatable bonds is 9. The molecule has 1 N–H and O–H groups in total. The highest BCUT2D eigenvalue weighted by Crippen LogP contribution is 2.34. The van der Waals surface area contributed by atoms with Gasteiger partial charge in [0.2, 0.25) is 0 Å². The van der Waals surface area contributed by atoms with Crippen molar-refractivity contribution in [3.8, 4) is 5.75 Å². The highest BCUT2D eigenvalue weighted by Gasteiger charge is 2.35. The number of ether oxygens (including phenoxy) is 2. The van der Waals surface area contributed by atoms with Crippen molar-refractivity contribution in [3.05, 3.63) is 71.0 Å². The van der Waals surface area contributed by atoms with Crippen LogP contribution in [0.25, 0.3) is 0 Å². The molecule has 0 saturated heterocycles. The van der Waals surface area contributed by atoms with Crippen LogP contribution in [-0.2, 0) is 27.7 Å². The van der Waals surface area contributed by atoms with Gasteiger partial charge in [-0.3, -0.25) is 8.99 Å². The van der Waals surface area contributed by atoms with Crippen molar-refractivity contribution in [2.75, 3.05) is 24.1 Å². The Morgan fingerprint density at radius 1 is 1.14 bits per heavy atom. The van der Waals surface area contributed by atoms with Gasteiger partial charge in [0.1, 0.15) is 23.4 Å². The molecule has 4 rings (SSSR count). The molecule has 0 saturated carbocycles. The lowest BCUT2D eigenvalue weighted by atomic mass is 10.2. The van der Waals surface area contributed by atoms with E-state index in [1.807, 2.05) is 24.3 Å². The molecule has 2 aromatic carbocycles. The second kappa shape index (κ2) is 10.1. The zero-order valence-corrected chi connectivity index (χ0v) is 20.8. The standard InChI is InChI=1S/C25H29N3O6S/c1-4-33-25(30)20-9-11-22(12-10-20)34-16-21(29)15-27-18(3)24(17(2)26-27)35(31,32)28-14-13-19-7-5-6-8-23(19)28/h5-12,21,29H,4,13-16H2,1-3H3/t21-/m1/s1. The molecule has 0 aliphatic carbocycles.